The Morgan fingerprint density at radius 2 is 2.43 bits per heavy atom. The summed E-state index contributed by atoms with van der Waals surface area (Å²) >= 11 is 0. The third-order valence-corrected chi connectivity index (χ3v) is 2.26. The lowest BCUT2D eigenvalue weighted by Gasteiger charge is -2.22. The molecular weight excluding hydrogens is 184 g/mol. The Labute approximate surface area is 83.2 Å². The zero-order valence-electron chi connectivity index (χ0n) is 8.36. The highest BCUT2D eigenvalue weighted by molar-refractivity contribution is 5.88. The van der Waals surface area contributed by atoms with Gasteiger partial charge < -0.3 is 15.4 Å². The molecule has 1 fully saturated rings. The van der Waals surface area contributed by atoms with E-state index in [0.717, 1.165) is 0 Å². The first kappa shape index (κ1) is 11.0. The fourth-order valence-corrected chi connectivity index (χ4v) is 1.64. The number of carbonyl (C=O) groups is 2. The molecule has 1 saturated heterocycles. The van der Waals surface area contributed by atoms with Crippen molar-refractivity contribution in [1.29, 1.82) is 0 Å². The van der Waals surface area contributed by atoms with Gasteiger partial charge in [0.05, 0.1) is 6.61 Å². The Bertz CT molecular complexity index is 230. The highest BCUT2D eigenvalue weighted by Crippen LogP contribution is 2.19. The second-order valence-corrected chi connectivity index (χ2v) is 3.18. The van der Waals surface area contributed by atoms with Gasteiger partial charge in [-0.05, 0) is 13.3 Å². The van der Waals surface area contributed by atoms with Crippen LogP contribution in [0, 0.1) is 0 Å². The van der Waals surface area contributed by atoms with Gasteiger partial charge in [0.2, 0.25) is 5.91 Å². The molecule has 14 heavy (non-hydrogen) atoms. The van der Waals surface area contributed by atoms with Crippen molar-refractivity contribution < 1.29 is 14.3 Å². The van der Waals surface area contributed by atoms with Crippen LogP contribution in [0.5, 0.6) is 0 Å². The molecule has 1 amide bonds. The van der Waals surface area contributed by atoms with Crippen LogP contribution in [0.1, 0.15) is 19.8 Å². The van der Waals surface area contributed by atoms with E-state index < -0.39 is 6.04 Å². The average molecular weight is 200 g/mol. The fraction of sp³-hybridized carbons (Fsp3) is 0.778. The predicted molar refractivity (Wildman–Crippen MR) is 50.4 cm³/mol. The number of carbonyl (C=O) groups excluding carboxylic acids is 2. The van der Waals surface area contributed by atoms with E-state index in [1.54, 1.807) is 6.92 Å². The molecule has 0 aromatic rings. The van der Waals surface area contributed by atoms with Gasteiger partial charge in [-0.1, -0.05) is 0 Å². The minimum absolute atomic E-state index is 0.00602. The Hall–Kier alpha value is -1.10. The Kier molecular flexibility index (Phi) is 3.88. The van der Waals surface area contributed by atoms with Gasteiger partial charge >= 0.3 is 5.97 Å². The van der Waals surface area contributed by atoms with Gasteiger partial charge in [-0.25, -0.2) is 4.79 Å². The SMILES string of the molecule is CCOC(=O)[C@@H]1CCC(=O)N1CCN. The van der Waals surface area contributed by atoms with Crippen molar-refractivity contribution in [3.8, 4) is 0 Å². The first-order valence-electron chi connectivity index (χ1n) is 4.86. The third-order valence-electron chi connectivity index (χ3n) is 2.26. The van der Waals surface area contributed by atoms with Crippen LogP contribution in [-0.2, 0) is 14.3 Å². The van der Waals surface area contributed by atoms with Crippen LogP contribution in [0.2, 0.25) is 0 Å². The number of esters is 1. The van der Waals surface area contributed by atoms with Crippen molar-refractivity contribution in [3.63, 3.8) is 0 Å². The zero-order chi connectivity index (χ0) is 10.6. The van der Waals surface area contributed by atoms with E-state index in [-0.39, 0.29) is 11.9 Å². The van der Waals surface area contributed by atoms with Gasteiger partial charge in [0, 0.05) is 19.5 Å². The van der Waals surface area contributed by atoms with Crippen LogP contribution in [0.4, 0.5) is 0 Å². The highest BCUT2D eigenvalue weighted by atomic mass is 16.5. The summed E-state index contributed by atoms with van der Waals surface area (Å²) in [5.74, 6) is -0.319. The number of ether oxygens (including phenoxy) is 1. The molecule has 0 radical (unpaired) electrons. The molecule has 0 aliphatic carbocycles. The largest absolute Gasteiger partial charge is 0.464 e. The second kappa shape index (κ2) is 4.95. The predicted octanol–water partition coefficient (Wildman–Crippen LogP) is -0.501. The van der Waals surface area contributed by atoms with Crippen LogP contribution < -0.4 is 5.73 Å². The molecule has 0 bridgehead atoms. The minimum Gasteiger partial charge on any atom is -0.464 e. The summed E-state index contributed by atoms with van der Waals surface area (Å²) in [5.41, 5.74) is 5.36. The Morgan fingerprint density at radius 1 is 1.71 bits per heavy atom. The maximum Gasteiger partial charge on any atom is 0.328 e. The van der Waals surface area contributed by atoms with E-state index in [1.165, 1.54) is 4.90 Å². The van der Waals surface area contributed by atoms with E-state index in [9.17, 15) is 9.59 Å². The van der Waals surface area contributed by atoms with E-state index in [0.29, 0.717) is 32.5 Å². The number of hydrogen-bond acceptors (Lipinski definition) is 4. The molecule has 1 aliphatic heterocycles. The van der Waals surface area contributed by atoms with Crippen molar-refractivity contribution in [1.82, 2.24) is 4.90 Å². The standard InChI is InChI=1S/C9H16N2O3/c1-2-14-9(13)7-3-4-8(12)11(7)6-5-10/h7H,2-6,10H2,1H3/t7-/m0/s1. The summed E-state index contributed by atoms with van der Waals surface area (Å²) < 4.78 is 4.88. The van der Waals surface area contributed by atoms with Gasteiger partial charge in [-0.3, -0.25) is 4.79 Å². The number of likely N-dealkylation sites (tertiary alicyclic amines) is 1. The highest BCUT2D eigenvalue weighted by Gasteiger charge is 2.36. The minimum atomic E-state index is -0.411. The number of rotatable bonds is 4. The number of amides is 1. The van der Waals surface area contributed by atoms with Crippen LogP contribution in [0.3, 0.4) is 0 Å². The van der Waals surface area contributed by atoms with Crippen molar-refractivity contribution >= 4 is 11.9 Å². The first-order chi connectivity index (χ1) is 6.70. The van der Waals surface area contributed by atoms with Gasteiger partial charge in [0.25, 0.3) is 0 Å². The molecule has 1 rings (SSSR count). The van der Waals surface area contributed by atoms with Gasteiger partial charge in [-0.2, -0.15) is 0 Å². The fourth-order valence-electron chi connectivity index (χ4n) is 1.64. The summed E-state index contributed by atoms with van der Waals surface area (Å²) in [4.78, 5) is 24.3. The van der Waals surface area contributed by atoms with E-state index >= 15 is 0 Å². The molecule has 1 aliphatic rings. The average Bonchev–Trinajstić information content (AvgIpc) is 2.50. The number of nitrogens with zero attached hydrogens (tertiary/aromatic N) is 1. The molecular formula is C9H16N2O3. The smallest absolute Gasteiger partial charge is 0.328 e. The van der Waals surface area contributed by atoms with Gasteiger partial charge in [0.1, 0.15) is 6.04 Å². The third kappa shape index (κ3) is 2.23. The molecule has 1 heterocycles. The van der Waals surface area contributed by atoms with Crippen molar-refractivity contribution in [2.75, 3.05) is 19.7 Å². The molecule has 5 heteroatoms. The lowest BCUT2D eigenvalue weighted by molar-refractivity contribution is -0.151. The molecule has 0 aromatic heterocycles. The molecule has 0 spiro atoms. The summed E-state index contributed by atoms with van der Waals surface area (Å²) in [7, 11) is 0. The van der Waals surface area contributed by atoms with Crippen LogP contribution in [0.25, 0.3) is 0 Å². The zero-order valence-corrected chi connectivity index (χ0v) is 8.36. The molecule has 0 unspecified atom stereocenters. The topological polar surface area (TPSA) is 72.6 Å². The van der Waals surface area contributed by atoms with E-state index in [4.69, 9.17) is 10.5 Å². The first-order valence-corrected chi connectivity index (χ1v) is 4.86. The van der Waals surface area contributed by atoms with Crippen molar-refractivity contribution in [2.24, 2.45) is 5.73 Å². The normalized spacial score (nSPS) is 21.4. The Balaban J connectivity index is 2.59. The number of hydrogen-bond donors (Lipinski definition) is 1. The molecule has 2 N–H and O–H groups in total. The lowest BCUT2D eigenvalue weighted by Crippen LogP contribution is -2.42. The quantitative estimate of drug-likeness (QED) is 0.621. The molecule has 1 atom stereocenters. The molecule has 0 saturated carbocycles. The summed E-state index contributed by atoms with van der Waals surface area (Å²) in [6, 6.07) is -0.411. The number of nitrogens with two attached hydrogens (primary N) is 1. The maximum absolute atomic E-state index is 11.4. The molecule has 5 nitrogen and oxygen atoms in total. The van der Waals surface area contributed by atoms with Crippen LogP contribution in [-0.4, -0.2) is 42.5 Å². The van der Waals surface area contributed by atoms with E-state index in [2.05, 4.69) is 0 Å². The van der Waals surface area contributed by atoms with Crippen molar-refractivity contribution in [3.05, 3.63) is 0 Å². The summed E-state index contributed by atoms with van der Waals surface area (Å²) in [6.45, 7) is 2.91. The lowest BCUT2D eigenvalue weighted by atomic mass is 10.2. The monoisotopic (exact) mass is 200 g/mol. The van der Waals surface area contributed by atoms with Crippen molar-refractivity contribution in [2.45, 2.75) is 25.8 Å². The van der Waals surface area contributed by atoms with Gasteiger partial charge in [-0.15, -0.1) is 0 Å². The summed E-state index contributed by atoms with van der Waals surface area (Å²) in [5, 5.41) is 0. The molecule has 80 valence electrons. The summed E-state index contributed by atoms with van der Waals surface area (Å²) in [6.07, 6.45) is 0.973. The maximum atomic E-state index is 11.4. The Morgan fingerprint density at radius 3 is 3.00 bits per heavy atom. The molecule has 0 aromatic carbocycles. The van der Waals surface area contributed by atoms with E-state index in [1.807, 2.05) is 0 Å². The van der Waals surface area contributed by atoms with Gasteiger partial charge in [0.15, 0.2) is 0 Å². The second-order valence-electron chi connectivity index (χ2n) is 3.18. The van der Waals surface area contributed by atoms with Crippen LogP contribution in [0.15, 0.2) is 0 Å². The van der Waals surface area contributed by atoms with Crippen LogP contribution >= 0.6 is 0 Å².